The van der Waals surface area contributed by atoms with Crippen LogP contribution in [0.3, 0.4) is 0 Å². The van der Waals surface area contributed by atoms with Crippen molar-refractivity contribution in [3.05, 3.63) is 24.0 Å². The van der Waals surface area contributed by atoms with E-state index >= 15 is 0 Å². The van der Waals surface area contributed by atoms with Crippen molar-refractivity contribution >= 4 is 25.4 Å². The number of benzene rings is 1. The molecule has 0 atom stereocenters. The molecule has 0 aliphatic carbocycles. The van der Waals surface area contributed by atoms with Crippen molar-refractivity contribution in [2.75, 3.05) is 23.5 Å². The molecule has 96 valence electrons. The summed E-state index contributed by atoms with van der Waals surface area (Å²) in [6, 6.07) is 2.94. The summed E-state index contributed by atoms with van der Waals surface area (Å²) in [5, 5.41) is 0. The molecule has 17 heavy (non-hydrogen) atoms. The van der Waals surface area contributed by atoms with Gasteiger partial charge in [-0.3, -0.25) is 0 Å². The fourth-order valence-electron chi connectivity index (χ4n) is 1.15. The van der Waals surface area contributed by atoms with Gasteiger partial charge in [-0.05, 0) is 18.2 Å². The minimum absolute atomic E-state index is 0.0973. The Morgan fingerprint density at radius 3 is 2.29 bits per heavy atom. The molecular weight excluding hydrogens is 269 g/mol. The maximum Gasteiger partial charge on any atom is 0.181 e. The van der Waals surface area contributed by atoms with Crippen LogP contribution in [0.4, 0.5) is 10.1 Å². The summed E-state index contributed by atoms with van der Waals surface area (Å²) in [6.07, 6.45) is 0.928. The molecule has 0 radical (unpaired) electrons. The third-order valence-electron chi connectivity index (χ3n) is 2.03. The largest absolute Gasteiger partial charge is 0.398 e. The van der Waals surface area contributed by atoms with Crippen molar-refractivity contribution in [3.8, 4) is 0 Å². The van der Waals surface area contributed by atoms with Crippen LogP contribution >= 0.6 is 0 Å². The van der Waals surface area contributed by atoms with E-state index < -0.39 is 37.0 Å². The maximum absolute atomic E-state index is 12.9. The molecular formula is C9H12FNO4S2. The van der Waals surface area contributed by atoms with E-state index in [0.29, 0.717) is 0 Å². The highest BCUT2D eigenvalue weighted by molar-refractivity contribution is 7.94. The second-order valence-corrected chi connectivity index (χ2v) is 7.97. The lowest BCUT2D eigenvalue weighted by atomic mass is 10.3. The Kier molecular flexibility index (Phi) is 3.78. The number of sulfone groups is 2. The summed E-state index contributed by atoms with van der Waals surface area (Å²) in [7, 11) is -7.29. The van der Waals surface area contributed by atoms with Crippen molar-refractivity contribution < 1.29 is 21.2 Å². The summed E-state index contributed by atoms with van der Waals surface area (Å²) in [5.74, 6) is -1.87. The van der Waals surface area contributed by atoms with E-state index in [2.05, 4.69) is 0 Å². The Hall–Kier alpha value is -1.15. The van der Waals surface area contributed by atoms with Gasteiger partial charge in [0.05, 0.1) is 22.1 Å². The second-order valence-electron chi connectivity index (χ2n) is 3.63. The number of anilines is 1. The Balaban J connectivity index is 3.10. The van der Waals surface area contributed by atoms with Gasteiger partial charge in [0.1, 0.15) is 15.7 Å². The fraction of sp³-hybridized carbons (Fsp3) is 0.333. The molecule has 2 N–H and O–H groups in total. The Morgan fingerprint density at radius 2 is 1.76 bits per heavy atom. The van der Waals surface area contributed by atoms with E-state index in [-0.39, 0.29) is 10.6 Å². The predicted molar refractivity (Wildman–Crippen MR) is 62.6 cm³/mol. The van der Waals surface area contributed by atoms with Gasteiger partial charge in [0.15, 0.2) is 9.84 Å². The first-order chi connectivity index (χ1) is 7.62. The minimum Gasteiger partial charge on any atom is -0.398 e. The van der Waals surface area contributed by atoms with E-state index in [1.165, 1.54) is 0 Å². The lowest BCUT2D eigenvalue weighted by Gasteiger charge is -2.06. The lowest BCUT2D eigenvalue weighted by molar-refractivity contribution is 0.587. The van der Waals surface area contributed by atoms with Crippen LogP contribution in [0.5, 0.6) is 0 Å². The summed E-state index contributed by atoms with van der Waals surface area (Å²) in [5.41, 5.74) is 5.32. The molecule has 0 saturated carbocycles. The van der Waals surface area contributed by atoms with Crippen LogP contribution in [0.2, 0.25) is 0 Å². The molecule has 5 nitrogen and oxygen atoms in total. The number of hydrogen-bond donors (Lipinski definition) is 1. The number of hydrogen-bond acceptors (Lipinski definition) is 5. The molecule has 0 fully saturated rings. The van der Waals surface area contributed by atoms with Gasteiger partial charge in [0.25, 0.3) is 0 Å². The van der Waals surface area contributed by atoms with Crippen LogP contribution < -0.4 is 5.73 Å². The van der Waals surface area contributed by atoms with E-state index in [0.717, 1.165) is 24.5 Å². The highest BCUT2D eigenvalue weighted by Gasteiger charge is 2.20. The van der Waals surface area contributed by atoms with Gasteiger partial charge < -0.3 is 5.73 Å². The Morgan fingerprint density at radius 1 is 1.18 bits per heavy atom. The number of nitrogen functional groups attached to an aromatic ring is 1. The Labute approximate surface area is 99.3 Å². The van der Waals surface area contributed by atoms with Crippen molar-refractivity contribution in [2.24, 2.45) is 0 Å². The van der Waals surface area contributed by atoms with E-state index in [1.54, 1.807) is 0 Å². The van der Waals surface area contributed by atoms with E-state index in [1.807, 2.05) is 0 Å². The van der Waals surface area contributed by atoms with Gasteiger partial charge in [0, 0.05) is 6.26 Å². The highest BCUT2D eigenvalue weighted by atomic mass is 32.2. The molecule has 1 rings (SSSR count). The zero-order valence-corrected chi connectivity index (χ0v) is 10.7. The van der Waals surface area contributed by atoms with Gasteiger partial charge in [-0.15, -0.1) is 0 Å². The first-order valence-electron chi connectivity index (χ1n) is 4.57. The van der Waals surface area contributed by atoms with Crippen LogP contribution in [0.25, 0.3) is 0 Å². The summed E-state index contributed by atoms with van der Waals surface area (Å²) < 4.78 is 58.2. The molecule has 0 aliphatic rings. The van der Waals surface area contributed by atoms with Gasteiger partial charge in [-0.2, -0.15) is 0 Å². The quantitative estimate of drug-likeness (QED) is 0.797. The van der Waals surface area contributed by atoms with Crippen LogP contribution in [-0.4, -0.2) is 34.6 Å². The molecule has 0 spiro atoms. The minimum atomic E-state index is -3.89. The zero-order chi connectivity index (χ0) is 13.3. The van der Waals surface area contributed by atoms with Crippen LogP contribution in [-0.2, 0) is 19.7 Å². The average molecular weight is 281 g/mol. The molecule has 0 amide bonds. The van der Waals surface area contributed by atoms with Crippen molar-refractivity contribution in [1.82, 2.24) is 0 Å². The van der Waals surface area contributed by atoms with Gasteiger partial charge in [-0.1, -0.05) is 0 Å². The molecule has 0 aromatic heterocycles. The van der Waals surface area contributed by atoms with E-state index in [4.69, 9.17) is 5.73 Å². The van der Waals surface area contributed by atoms with Gasteiger partial charge in [-0.25, -0.2) is 21.2 Å². The smallest absolute Gasteiger partial charge is 0.181 e. The van der Waals surface area contributed by atoms with Gasteiger partial charge in [0.2, 0.25) is 0 Å². The predicted octanol–water partition coefficient (Wildman–Crippen LogP) is 0.226. The topological polar surface area (TPSA) is 94.3 Å². The maximum atomic E-state index is 12.9. The molecule has 1 aromatic carbocycles. The summed E-state index contributed by atoms with van der Waals surface area (Å²) in [6.45, 7) is 0. The molecule has 0 saturated heterocycles. The van der Waals surface area contributed by atoms with E-state index in [9.17, 15) is 21.2 Å². The number of rotatable bonds is 4. The second kappa shape index (κ2) is 4.61. The summed E-state index contributed by atoms with van der Waals surface area (Å²) in [4.78, 5) is -0.374. The summed E-state index contributed by atoms with van der Waals surface area (Å²) >= 11 is 0. The normalized spacial score (nSPS) is 12.6. The molecule has 1 aromatic rings. The molecule has 8 heteroatoms. The van der Waals surface area contributed by atoms with Crippen molar-refractivity contribution in [3.63, 3.8) is 0 Å². The SMILES string of the molecule is CS(=O)(=O)CCS(=O)(=O)c1cc(F)ccc1N. The molecule has 0 unspecified atom stereocenters. The third kappa shape index (κ3) is 3.97. The third-order valence-corrected chi connectivity index (χ3v) is 5.00. The molecule has 0 bridgehead atoms. The zero-order valence-electron chi connectivity index (χ0n) is 9.05. The first kappa shape index (κ1) is 13.9. The number of nitrogens with two attached hydrogens (primary N) is 1. The highest BCUT2D eigenvalue weighted by Crippen LogP contribution is 2.20. The standard InChI is InChI=1S/C9H12FNO4S2/c1-16(12,13)4-5-17(14,15)9-6-7(10)2-3-8(9)11/h2-3,6H,4-5,11H2,1H3. The number of halogens is 1. The monoisotopic (exact) mass is 281 g/mol. The lowest BCUT2D eigenvalue weighted by Crippen LogP contribution is -2.17. The van der Waals surface area contributed by atoms with Gasteiger partial charge >= 0.3 is 0 Å². The molecule has 0 aliphatic heterocycles. The first-order valence-corrected chi connectivity index (χ1v) is 8.28. The fourth-order valence-corrected chi connectivity index (χ4v) is 4.18. The van der Waals surface area contributed by atoms with Crippen LogP contribution in [0.15, 0.2) is 23.1 Å². The molecule has 0 heterocycles. The Bertz CT molecular complexity index is 622. The average Bonchev–Trinajstić information content (AvgIpc) is 2.18. The van der Waals surface area contributed by atoms with Crippen LogP contribution in [0.1, 0.15) is 0 Å². The van der Waals surface area contributed by atoms with Crippen molar-refractivity contribution in [2.45, 2.75) is 4.90 Å². The van der Waals surface area contributed by atoms with Crippen LogP contribution in [0, 0.1) is 5.82 Å². The van der Waals surface area contributed by atoms with Crippen molar-refractivity contribution in [1.29, 1.82) is 0 Å².